The maximum atomic E-state index is 11.2. The van der Waals surface area contributed by atoms with Crippen molar-refractivity contribution >= 4 is 5.91 Å². The number of nitrogens with zero attached hydrogens (tertiary/aromatic N) is 1. The predicted octanol–water partition coefficient (Wildman–Crippen LogP) is 0.478. The Labute approximate surface area is 83.7 Å². The van der Waals surface area contributed by atoms with Crippen LogP contribution < -0.4 is 10.6 Å². The van der Waals surface area contributed by atoms with Gasteiger partial charge in [0.15, 0.2) is 0 Å². The molecule has 0 saturated carbocycles. The van der Waals surface area contributed by atoms with Gasteiger partial charge >= 0.3 is 0 Å². The van der Waals surface area contributed by atoms with Crippen LogP contribution in [0.15, 0.2) is 24.5 Å². The first-order chi connectivity index (χ1) is 6.74. The fraction of sp³-hybridized carbons (Fsp3) is 0.400. The van der Waals surface area contributed by atoms with Gasteiger partial charge in [-0.3, -0.25) is 9.78 Å². The highest BCUT2D eigenvalue weighted by Crippen LogP contribution is 2.08. The molecule has 1 heterocycles. The van der Waals surface area contributed by atoms with Crippen molar-refractivity contribution in [1.82, 2.24) is 15.6 Å². The van der Waals surface area contributed by atoms with Crippen LogP contribution in [0.5, 0.6) is 0 Å². The molecule has 0 radical (unpaired) electrons. The Morgan fingerprint density at radius 1 is 1.64 bits per heavy atom. The van der Waals surface area contributed by atoms with E-state index in [-0.39, 0.29) is 11.9 Å². The van der Waals surface area contributed by atoms with Gasteiger partial charge < -0.3 is 10.6 Å². The molecule has 0 aliphatic carbocycles. The van der Waals surface area contributed by atoms with Crippen molar-refractivity contribution in [2.45, 2.75) is 13.0 Å². The van der Waals surface area contributed by atoms with Crippen molar-refractivity contribution in [1.29, 1.82) is 0 Å². The molecule has 2 N–H and O–H groups in total. The summed E-state index contributed by atoms with van der Waals surface area (Å²) in [6.07, 6.45) is 3.47. The van der Waals surface area contributed by atoms with Crippen molar-refractivity contribution in [2.75, 3.05) is 13.6 Å². The summed E-state index contributed by atoms with van der Waals surface area (Å²) in [7, 11) is 1.74. The highest BCUT2D eigenvalue weighted by atomic mass is 16.1. The second kappa shape index (κ2) is 5.34. The number of aromatic nitrogens is 1. The summed E-state index contributed by atoms with van der Waals surface area (Å²) in [5, 5.41) is 5.65. The zero-order valence-electron chi connectivity index (χ0n) is 8.45. The molecule has 0 aliphatic rings. The van der Waals surface area contributed by atoms with Crippen molar-refractivity contribution in [3.63, 3.8) is 0 Å². The van der Waals surface area contributed by atoms with E-state index in [0.717, 1.165) is 5.56 Å². The van der Waals surface area contributed by atoms with E-state index in [9.17, 15) is 4.79 Å². The Bertz CT molecular complexity index is 287. The highest BCUT2D eigenvalue weighted by molar-refractivity contribution is 5.78. The van der Waals surface area contributed by atoms with E-state index in [4.69, 9.17) is 0 Å². The van der Waals surface area contributed by atoms with Gasteiger partial charge in [-0.2, -0.15) is 0 Å². The molecule has 4 nitrogen and oxygen atoms in total. The topological polar surface area (TPSA) is 54.0 Å². The number of carbonyl (C=O) groups is 1. The van der Waals surface area contributed by atoms with Gasteiger partial charge in [-0.05, 0) is 25.6 Å². The van der Waals surface area contributed by atoms with Crippen LogP contribution in [-0.2, 0) is 4.79 Å². The number of hydrogen-bond donors (Lipinski definition) is 2. The van der Waals surface area contributed by atoms with Gasteiger partial charge in [-0.25, -0.2) is 0 Å². The fourth-order valence-corrected chi connectivity index (χ4v) is 1.17. The molecule has 0 aromatic carbocycles. The molecule has 0 bridgehead atoms. The second-order valence-corrected chi connectivity index (χ2v) is 3.11. The zero-order valence-corrected chi connectivity index (χ0v) is 8.45. The number of pyridine rings is 1. The Hall–Kier alpha value is -1.42. The maximum Gasteiger partial charge on any atom is 0.234 e. The first-order valence-electron chi connectivity index (χ1n) is 4.58. The van der Waals surface area contributed by atoms with Gasteiger partial charge in [0.25, 0.3) is 0 Å². The first-order valence-corrected chi connectivity index (χ1v) is 4.58. The van der Waals surface area contributed by atoms with Crippen LogP contribution in [-0.4, -0.2) is 24.5 Å². The van der Waals surface area contributed by atoms with E-state index in [1.807, 2.05) is 19.1 Å². The van der Waals surface area contributed by atoms with Crippen molar-refractivity contribution in [3.8, 4) is 0 Å². The van der Waals surface area contributed by atoms with E-state index in [0.29, 0.717) is 6.54 Å². The van der Waals surface area contributed by atoms with E-state index in [1.54, 1.807) is 19.4 Å². The second-order valence-electron chi connectivity index (χ2n) is 3.11. The lowest BCUT2D eigenvalue weighted by Crippen LogP contribution is -2.33. The standard InChI is InChI=1S/C10H15N3O/c1-8(13-10(14)7-11-2)9-4-3-5-12-6-9/h3-6,8,11H,7H2,1-2H3,(H,13,14). The summed E-state index contributed by atoms with van der Waals surface area (Å²) in [4.78, 5) is 15.2. The molecule has 76 valence electrons. The number of hydrogen-bond acceptors (Lipinski definition) is 3. The van der Waals surface area contributed by atoms with E-state index >= 15 is 0 Å². The Morgan fingerprint density at radius 2 is 2.43 bits per heavy atom. The van der Waals surface area contributed by atoms with Crippen LogP contribution in [0, 0.1) is 0 Å². The van der Waals surface area contributed by atoms with Crippen LogP contribution in [0.1, 0.15) is 18.5 Å². The summed E-state index contributed by atoms with van der Waals surface area (Å²) in [6, 6.07) is 3.80. The van der Waals surface area contributed by atoms with E-state index < -0.39 is 0 Å². The summed E-state index contributed by atoms with van der Waals surface area (Å²) in [5.41, 5.74) is 1.01. The molecular formula is C10H15N3O. The average molecular weight is 193 g/mol. The molecule has 0 saturated heterocycles. The SMILES string of the molecule is CNCC(=O)NC(C)c1cccnc1. The molecular weight excluding hydrogens is 178 g/mol. The van der Waals surface area contributed by atoms with Crippen LogP contribution in [0.4, 0.5) is 0 Å². The van der Waals surface area contributed by atoms with E-state index in [2.05, 4.69) is 15.6 Å². The lowest BCUT2D eigenvalue weighted by atomic mass is 10.1. The summed E-state index contributed by atoms with van der Waals surface area (Å²) in [5.74, 6) is -0.0103. The van der Waals surface area contributed by atoms with E-state index in [1.165, 1.54) is 0 Å². The van der Waals surface area contributed by atoms with Crippen molar-refractivity contribution in [3.05, 3.63) is 30.1 Å². The van der Waals surface area contributed by atoms with Gasteiger partial charge in [0.1, 0.15) is 0 Å². The van der Waals surface area contributed by atoms with Gasteiger partial charge in [0.05, 0.1) is 12.6 Å². The summed E-state index contributed by atoms with van der Waals surface area (Å²) in [6.45, 7) is 2.27. The quantitative estimate of drug-likeness (QED) is 0.731. The van der Waals surface area contributed by atoms with Gasteiger partial charge in [0.2, 0.25) is 5.91 Å². The maximum absolute atomic E-state index is 11.2. The molecule has 0 aliphatic heterocycles. The van der Waals surface area contributed by atoms with Crippen LogP contribution >= 0.6 is 0 Å². The molecule has 0 spiro atoms. The Balaban J connectivity index is 2.50. The molecule has 0 fully saturated rings. The molecule has 4 heteroatoms. The predicted molar refractivity (Wildman–Crippen MR) is 54.7 cm³/mol. The summed E-state index contributed by atoms with van der Waals surface area (Å²) < 4.78 is 0. The first kappa shape index (κ1) is 10.7. The van der Waals surface area contributed by atoms with Crippen molar-refractivity contribution < 1.29 is 4.79 Å². The average Bonchev–Trinajstić information content (AvgIpc) is 2.19. The molecule has 1 atom stereocenters. The lowest BCUT2D eigenvalue weighted by molar-refractivity contribution is -0.120. The number of carbonyl (C=O) groups excluding carboxylic acids is 1. The van der Waals surface area contributed by atoms with Gasteiger partial charge in [-0.15, -0.1) is 0 Å². The third kappa shape index (κ3) is 3.14. The molecule has 14 heavy (non-hydrogen) atoms. The lowest BCUT2D eigenvalue weighted by Gasteiger charge is -2.13. The molecule has 1 rings (SSSR count). The number of amides is 1. The van der Waals surface area contributed by atoms with Crippen molar-refractivity contribution in [2.24, 2.45) is 0 Å². The van der Waals surface area contributed by atoms with Crippen LogP contribution in [0.2, 0.25) is 0 Å². The minimum atomic E-state index is -0.0103. The van der Waals surface area contributed by atoms with Crippen LogP contribution in [0.25, 0.3) is 0 Å². The Kier molecular flexibility index (Phi) is 4.07. The minimum Gasteiger partial charge on any atom is -0.348 e. The van der Waals surface area contributed by atoms with Crippen LogP contribution in [0.3, 0.4) is 0 Å². The third-order valence-corrected chi connectivity index (χ3v) is 1.90. The molecule has 1 aromatic heterocycles. The Morgan fingerprint density at radius 3 is 3.00 bits per heavy atom. The minimum absolute atomic E-state index is 0.00421. The summed E-state index contributed by atoms with van der Waals surface area (Å²) >= 11 is 0. The third-order valence-electron chi connectivity index (χ3n) is 1.90. The number of nitrogens with one attached hydrogen (secondary N) is 2. The fourth-order valence-electron chi connectivity index (χ4n) is 1.17. The molecule has 1 amide bonds. The molecule has 1 aromatic rings. The molecule has 1 unspecified atom stereocenters. The number of rotatable bonds is 4. The number of likely N-dealkylation sites (N-methyl/N-ethyl adjacent to an activating group) is 1. The zero-order chi connectivity index (χ0) is 10.4. The normalized spacial score (nSPS) is 12.1. The van der Waals surface area contributed by atoms with Gasteiger partial charge in [-0.1, -0.05) is 6.07 Å². The largest absolute Gasteiger partial charge is 0.348 e. The van der Waals surface area contributed by atoms with Gasteiger partial charge in [0, 0.05) is 12.4 Å². The smallest absolute Gasteiger partial charge is 0.234 e. The highest BCUT2D eigenvalue weighted by Gasteiger charge is 2.07. The monoisotopic (exact) mass is 193 g/mol.